The van der Waals surface area contributed by atoms with Crippen LogP contribution in [0.15, 0.2) is 54.7 Å². The van der Waals surface area contributed by atoms with E-state index >= 15 is 0 Å². The standard InChI is InChI=1S/C30H36N2O4.C3H6/c1-5-32(6-2)19-25-17-24(9-11-26(25)23-13-14-31-29(18-23)35-4)27-12-10-22-8-7-21(16-28(22)36-27)15-20(3)30(33)34;1-2-3-1/h7-9,11,13-14,16-18,20,27H,5-6,10,12,15,19H2,1-4H3,(H,33,34);1-3H2. The molecule has 2 aliphatic rings. The van der Waals surface area contributed by atoms with Gasteiger partial charge in [-0.2, -0.15) is 0 Å². The molecule has 2 atom stereocenters. The van der Waals surface area contributed by atoms with Crippen LogP contribution in [0.3, 0.4) is 0 Å². The first kappa shape index (κ1) is 28.6. The Kier molecular flexibility index (Phi) is 9.99. The van der Waals surface area contributed by atoms with E-state index in [1.54, 1.807) is 20.2 Å². The van der Waals surface area contributed by atoms with Gasteiger partial charge in [0.25, 0.3) is 0 Å². The minimum Gasteiger partial charge on any atom is -0.485 e. The molecule has 0 radical (unpaired) electrons. The lowest BCUT2D eigenvalue weighted by atomic mass is 9.91. The van der Waals surface area contributed by atoms with Gasteiger partial charge in [0.05, 0.1) is 13.0 Å². The average Bonchev–Trinajstić information content (AvgIpc) is 3.85. The second-order valence-corrected chi connectivity index (χ2v) is 10.6. The highest BCUT2D eigenvalue weighted by atomic mass is 16.5. The van der Waals surface area contributed by atoms with Crippen molar-refractivity contribution in [3.05, 3.63) is 77.0 Å². The lowest BCUT2D eigenvalue weighted by Gasteiger charge is -2.28. The number of hydrogen-bond acceptors (Lipinski definition) is 5. The van der Waals surface area contributed by atoms with Crippen LogP contribution in [0.2, 0.25) is 0 Å². The highest BCUT2D eigenvalue weighted by Gasteiger charge is 2.24. The van der Waals surface area contributed by atoms with Gasteiger partial charge in [-0.05, 0) is 77.9 Å². The van der Waals surface area contributed by atoms with E-state index < -0.39 is 11.9 Å². The summed E-state index contributed by atoms with van der Waals surface area (Å²) in [4.78, 5) is 18.0. The summed E-state index contributed by atoms with van der Waals surface area (Å²) in [5, 5.41) is 9.29. The van der Waals surface area contributed by atoms with E-state index in [0.717, 1.165) is 54.9 Å². The Bertz CT molecular complexity index is 1250. The first-order chi connectivity index (χ1) is 18.9. The van der Waals surface area contributed by atoms with Crippen molar-refractivity contribution >= 4 is 5.97 Å². The van der Waals surface area contributed by atoms with Crippen LogP contribution in [0.1, 0.15) is 74.8 Å². The number of aliphatic carboxylic acids is 1. The molecule has 5 rings (SSSR count). The Hall–Kier alpha value is -3.38. The van der Waals surface area contributed by atoms with Crippen molar-refractivity contribution < 1.29 is 19.4 Å². The molecule has 1 saturated carbocycles. The third-order valence-corrected chi connectivity index (χ3v) is 7.44. The predicted molar refractivity (Wildman–Crippen MR) is 155 cm³/mol. The molecule has 6 heteroatoms. The second kappa shape index (κ2) is 13.6. The second-order valence-electron chi connectivity index (χ2n) is 10.6. The number of aryl methyl sites for hydroxylation is 1. The van der Waals surface area contributed by atoms with Crippen molar-refractivity contribution in [3.8, 4) is 22.8 Å². The summed E-state index contributed by atoms with van der Waals surface area (Å²) in [5.74, 6) is 0.267. The quantitative estimate of drug-likeness (QED) is 0.301. The molecule has 39 heavy (non-hydrogen) atoms. The summed E-state index contributed by atoms with van der Waals surface area (Å²) in [6.45, 7) is 8.92. The zero-order valence-electron chi connectivity index (χ0n) is 23.8. The maximum Gasteiger partial charge on any atom is 0.306 e. The number of hydrogen-bond donors (Lipinski definition) is 1. The molecule has 2 heterocycles. The lowest BCUT2D eigenvalue weighted by molar-refractivity contribution is -0.141. The van der Waals surface area contributed by atoms with Gasteiger partial charge in [-0.15, -0.1) is 0 Å². The number of carboxylic acid groups (broad SMARTS) is 1. The predicted octanol–water partition coefficient (Wildman–Crippen LogP) is 7.10. The number of nitrogens with zero attached hydrogens (tertiary/aromatic N) is 2. The summed E-state index contributed by atoms with van der Waals surface area (Å²) in [7, 11) is 1.64. The number of carbonyl (C=O) groups is 1. The van der Waals surface area contributed by atoms with E-state index in [0.29, 0.717) is 12.3 Å². The van der Waals surface area contributed by atoms with Gasteiger partial charge in [0.15, 0.2) is 0 Å². The molecule has 0 bridgehead atoms. The third-order valence-electron chi connectivity index (χ3n) is 7.44. The van der Waals surface area contributed by atoms with Crippen LogP contribution in [0, 0.1) is 5.92 Å². The topological polar surface area (TPSA) is 71.9 Å². The number of ether oxygens (including phenoxy) is 2. The molecule has 1 aromatic heterocycles. The Morgan fingerprint density at radius 2 is 1.87 bits per heavy atom. The summed E-state index contributed by atoms with van der Waals surface area (Å²) >= 11 is 0. The van der Waals surface area contributed by atoms with Gasteiger partial charge in [0, 0.05) is 18.8 Å². The van der Waals surface area contributed by atoms with E-state index in [-0.39, 0.29) is 6.10 Å². The van der Waals surface area contributed by atoms with Crippen LogP contribution in [0.4, 0.5) is 0 Å². The minimum atomic E-state index is -0.779. The van der Waals surface area contributed by atoms with Gasteiger partial charge < -0.3 is 14.6 Å². The Labute approximate surface area is 233 Å². The molecule has 0 saturated heterocycles. The lowest BCUT2D eigenvalue weighted by Crippen LogP contribution is -2.23. The molecular weight excluding hydrogens is 488 g/mol. The largest absolute Gasteiger partial charge is 0.485 e. The van der Waals surface area contributed by atoms with E-state index in [1.807, 2.05) is 24.3 Å². The van der Waals surface area contributed by atoms with Crippen molar-refractivity contribution in [1.29, 1.82) is 0 Å². The van der Waals surface area contributed by atoms with E-state index in [2.05, 4.69) is 48.0 Å². The Balaban J connectivity index is 0.00000110. The average molecular weight is 531 g/mol. The van der Waals surface area contributed by atoms with Crippen molar-refractivity contribution in [2.24, 2.45) is 5.92 Å². The summed E-state index contributed by atoms with van der Waals surface area (Å²) in [6.07, 6.45) is 8.58. The first-order valence-corrected chi connectivity index (χ1v) is 14.3. The molecule has 208 valence electrons. The van der Waals surface area contributed by atoms with Crippen molar-refractivity contribution in [3.63, 3.8) is 0 Å². The van der Waals surface area contributed by atoms with E-state index in [9.17, 15) is 9.90 Å². The monoisotopic (exact) mass is 530 g/mol. The number of rotatable bonds is 10. The normalized spacial score (nSPS) is 16.4. The van der Waals surface area contributed by atoms with Crippen molar-refractivity contribution in [2.45, 2.75) is 71.9 Å². The minimum absolute atomic E-state index is 0.0406. The third kappa shape index (κ3) is 7.82. The van der Waals surface area contributed by atoms with Gasteiger partial charge in [-0.25, -0.2) is 4.98 Å². The summed E-state index contributed by atoms with van der Waals surface area (Å²) in [6, 6.07) is 16.8. The van der Waals surface area contributed by atoms with Crippen LogP contribution in [-0.2, 0) is 24.2 Å². The molecule has 2 aromatic carbocycles. The zero-order chi connectivity index (χ0) is 27.8. The van der Waals surface area contributed by atoms with Crippen LogP contribution < -0.4 is 9.47 Å². The number of aromatic nitrogens is 1. The first-order valence-electron chi connectivity index (χ1n) is 14.3. The molecule has 1 fully saturated rings. The van der Waals surface area contributed by atoms with Gasteiger partial charge >= 0.3 is 5.97 Å². The van der Waals surface area contributed by atoms with Crippen molar-refractivity contribution in [2.75, 3.05) is 20.2 Å². The maximum atomic E-state index is 11.3. The number of fused-ring (bicyclic) bond motifs is 1. The number of carboxylic acids is 1. The van der Waals surface area contributed by atoms with Crippen molar-refractivity contribution in [1.82, 2.24) is 9.88 Å². The molecule has 1 aliphatic carbocycles. The summed E-state index contributed by atoms with van der Waals surface area (Å²) in [5.41, 5.74) is 6.85. The fraction of sp³-hybridized carbons (Fsp3) is 0.455. The van der Waals surface area contributed by atoms with E-state index in [4.69, 9.17) is 9.47 Å². The SMILES string of the molecule is C1CC1.CCN(CC)Cc1cc(C2CCc3ccc(CC(C)C(=O)O)cc3O2)ccc1-c1ccnc(OC)c1. The van der Waals surface area contributed by atoms with Crippen LogP contribution in [-0.4, -0.2) is 41.2 Å². The molecule has 3 aromatic rings. The van der Waals surface area contributed by atoms with Crippen LogP contribution in [0.25, 0.3) is 11.1 Å². The molecule has 1 N–H and O–H groups in total. The maximum absolute atomic E-state index is 11.3. The number of pyridine rings is 1. The fourth-order valence-corrected chi connectivity index (χ4v) is 4.82. The Morgan fingerprint density at radius 1 is 1.10 bits per heavy atom. The van der Waals surface area contributed by atoms with E-state index in [1.165, 1.54) is 36.0 Å². The molecule has 6 nitrogen and oxygen atoms in total. The number of benzene rings is 2. The smallest absolute Gasteiger partial charge is 0.306 e. The molecule has 2 unspecified atom stereocenters. The molecule has 1 aliphatic heterocycles. The Morgan fingerprint density at radius 3 is 2.54 bits per heavy atom. The summed E-state index contributed by atoms with van der Waals surface area (Å²) < 4.78 is 11.9. The van der Waals surface area contributed by atoms with Gasteiger partial charge in [-0.3, -0.25) is 9.69 Å². The highest BCUT2D eigenvalue weighted by molar-refractivity contribution is 5.70. The van der Waals surface area contributed by atoms with Gasteiger partial charge in [0.1, 0.15) is 11.9 Å². The number of methoxy groups -OCH3 is 1. The molecule has 0 amide bonds. The van der Waals surface area contributed by atoms with Crippen LogP contribution >= 0.6 is 0 Å². The molecular formula is C33H42N2O4. The van der Waals surface area contributed by atoms with Crippen LogP contribution in [0.5, 0.6) is 11.6 Å². The highest BCUT2D eigenvalue weighted by Crippen LogP contribution is 2.38. The molecule has 0 spiro atoms. The zero-order valence-corrected chi connectivity index (χ0v) is 23.8. The van der Waals surface area contributed by atoms with Gasteiger partial charge in [-0.1, -0.05) is 70.4 Å². The fourth-order valence-electron chi connectivity index (χ4n) is 4.82. The van der Waals surface area contributed by atoms with Gasteiger partial charge in [0.2, 0.25) is 5.88 Å².